The summed E-state index contributed by atoms with van der Waals surface area (Å²) in [7, 11) is 1.65. The molecule has 2 unspecified atom stereocenters. The lowest BCUT2D eigenvalue weighted by molar-refractivity contribution is -0.110. The van der Waals surface area contributed by atoms with Gasteiger partial charge in [0.25, 0.3) is 0 Å². The van der Waals surface area contributed by atoms with Crippen molar-refractivity contribution in [2.24, 2.45) is 0 Å². The maximum atomic E-state index is 10.0. The van der Waals surface area contributed by atoms with Crippen LogP contribution in [0.1, 0.15) is 0 Å². The van der Waals surface area contributed by atoms with Gasteiger partial charge in [-0.15, -0.1) is 0 Å². The summed E-state index contributed by atoms with van der Waals surface area (Å²) in [5.74, 6) is 0. The molecule has 2 N–H and O–H groups in total. The molecule has 1 rings (SSSR count). The largest absolute Gasteiger partial charge is 0.378 e. The minimum absolute atomic E-state index is 0.130. The summed E-state index contributed by atoms with van der Waals surface area (Å²) in [5, 5.41) is 5.79. The fraction of sp³-hybridized carbons (Fsp3) is 0.833. The predicted molar refractivity (Wildman–Crippen MR) is 36.7 cm³/mol. The lowest BCUT2D eigenvalue weighted by Crippen LogP contribution is -2.39. The van der Waals surface area contributed by atoms with Crippen LogP contribution in [0, 0.1) is 0 Å². The fourth-order valence-corrected chi connectivity index (χ4v) is 1.16. The molecule has 1 amide bonds. The Hall–Kier alpha value is -0.610. The molecule has 10 heavy (non-hydrogen) atoms. The summed E-state index contributed by atoms with van der Waals surface area (Å²) >= 11 is 0. The second-order valence-corrected chi connectivity index (χ2v) is 2.32. The molecule has 0 aromatic carbocycles. The van der Waals surface area contributed by atoms with Gasteiger partial charge >= 0.3 is 0 Å². The topological polar surface area (TPSA) is 50.4 Å². The third kappa shape index (κ3) is 1.46. The summed E-state index contributed by atoms with van der Waals surface area (Å²) in [5.41, 5.74) is 0. The molecule has 1 heterocycles. The highest BCUT2D eigenvalue weighted by atomic mass is 16.5. The normalized spacial score (nSPS) is 32.1. The SMILES string of the molecule is COC1CNCC1NC=O. The van der Waals surface area contributed by atoms with Crippen LogP contribution in [0.3, 0.4) is 0 Å². The van der Waals surface area contributed by atoms with Crippen molar-refractivity contribution >= 4 is 6.41 Å². The molecule has 4 heteroatoms. The molecule has 0 saturated carbocycles. The van der Waals surface area contributed by atoms with E-state index in [4.69, 9.17) is 4.74 Å². The molecule has 0 radical (unpaired) electrons. The number of rotatable bonds is 3. The lowest BCUT2D eigenvalue weighted by Gasteiger charge is -2.14. The van der Waals surface area contributed by atoms with Crippen molar-refractivity contribution in [2.75, 3.05) is 20.2 Å². The van der Waals surface area contributed by atoms with Gasteiger partial charge in [-0.1, -0.05) is 0 Å². The molecule has 1 fully saturated rings. The van der Waals surface area contributed by atoms with Crippen LogP contribution in [0.5, 0.6) is 0 Å². The van der Waals surface area contributed by atoms with E-state index < -0.39 is 0 Å². The van der Waals surface area contributed by atoms with E-state index in [0.29, 0.717) is 6.41 Å². The monoisotopic (exact) mass is 144 g/mol. The molecule has 1 aliphatic heterocycles. The number of carbonyl (C=O) groups excluding carboxylic acids is 1. The summed E-state index contributed by atoms with van der Waals surface area (Å²) in [4.78, 5) is 10.0. The van der Waals surface area contributed by atoms with Gasteiger partial charge in [-0.25, -0.2) is 0 Å². The smallest absolute Gasteiger partial charge is 0.207 e. The Bertz CT molecular complexity index is 118. The van der Waals surface area contributed by atoms with Crippen LogP contribution in [0.25, 0.3) is 0 Å². The average Bonchev–Trinajstić information content (AvgIpc) is 2.36. The quantitative estimate of drug-likeness (QED) is 0.485. The van der Waals surface area contributed by atoms with Gasteiger partial charge in [0.05, 0.1) is 12.1 Å². The Labute approximate surface area is 59.9 Å². The minimum Gasteiger partial charge on any atom is -0.378 e. The molecular weight excluding hydrogens is 132 g/mol. The highest BCUT2D eigenvalue weighted by Crippen LogP contribution is 2.01. The highest BCUT2D eigenvalue weighted by Gasteiger charge is 2.25. The molecule has 4 nitrogen and oxygen atoms in total. The number of nitrogens with one attached hydrogen (secondary N) is 2. The summed E-state index contributed by atoms with van der Waals surface area (Å²) < 4.78 is 5.09. The van der Waals surface area contributed by atoms with E-state index in [9.17, 15) is 4.79 Å². The zero-order chi connectivity index (χ0) is 7.40. The number of hydrogen-bond donors (Lipinski definition) is 2. The third-order valence-corrected chi connectivity index (χ3v) is 1.74. The molecule has 2 atom stereocenters. The first-order chi connectivity index (χ1) is 4.88. The molecule has 1 aliphatic rings. The van der Waals surface area contributed by atoms with Crippen LogP contribution >= 0.6 is 0 Å². The first-order valence-electron chi connectivity index (χ1n) is 3.31. The van der Waals surface area contributed by atoms with Crippen molar-refractivity contribution in [3.63, 3.8) is 0 Å². The standard InChI is InChI=1S/C6H12N2O2/c1-10-6-3-7-2-5(6)8-4-9/h4-7H,2-3H2,1H3,(H,8,9). The minimum atomic E-state index is 0.130. The second-order valence-electron chi connectivity index (χ2n) is 2.32. The number of methoxy groups -OCH3 is 1. The Balaban J connectivity index is 2.34. The van der Waals surface area contributed by atoms with Crippen LogP contribution in [-0.2, 0) is 9.53 Å². The van der Waals surface area contributed by atoms with Gasteiger partial charge in [-0.2, -0.15) is 0 Å². The van der Waals surface area contributed by atoms with E-state index in [2.05, 4.69) is 10.6 Å². The van der Waals surface area contributed by atoms with Gasteiger partial charge in [0, 0.05) is 20.2 Å². The van der Waals surface area contributed by atoms with E-state index in [1.807, 2.05) is 0 Å². The molecule has 1 saturated heterocycles. The van der Waals surface area contributed by atoms with E-state index in [0.717, 1.165) is 13.1 Å². The summed E-state index contributed by atoms with van der Waals surface area (Å²) in [6.45, 7) is 1.62. The maximum Gasteiger partial charge on any atom is 0.207 e. The Morgan fingerprint density at radius 3 is 3.10 bits per heavy atom. The lowest BCUT2D eigenvalue weighted by atomic mass is 10.2. The number of ether oxygens (including phenoxy) is 1. The first kappa shape index (κ1) is 7.50. The molecule has 0 aromatic rings. The van der Waals surface area contributed by atoms with Crippen molar-refractivity contribution in [3.8, 4) is 0 Å². The molecule has 0 spiro atoms. The van der Waals surface area contributed by atoms with Gasteiger partial charge in [0.15, 0.2) is 0 Å². The van der Waals surface area contributed by atoms with Crippen LogP contribution < -0.4 is 10.6 Å². The van der Waals surface area contributed by atoms with Gasteiger partial charge in [-0.05, 0) is 0 Å². The molecule has 0 aliphatic carbocycles. The first-order valence-corrected chi connectivity index (χ1v) is 3.31. The number of amides is 1. The predicted octanol–water partition coefficient (Wildman–Crippen LogP) is -1.28. The Morgan fingerprint density at radius 1 is 1.70 bits per heavy atom. The van der Waals surface area contributed by atoms with E-state index >= 15 is 0 Å². The van der Waals surface area contributed by atoms with E-state index in [-0.39, 0.29) is 12.1 Å². The Morgan fingerprint density at radius 2 is 2.50 bits per heavy atom. The van der Waals surface area contributed by atoms with Crippen LogP contribution in [0.2, 0.25) is 0 Å². The average molecular weight is 144 g/mol. The zero-order valence-electron chi connectivity index (χ0n) is 5.96. The second kappa shape index (κ2) is 3.53. The van der Waals surface area contributed by atoms with Crippen LogP contribution in [0.4, 0.5) is 0 Å². The van der Waals surface area contributed by atoms with Gasteiger partial charge in [-0.3, -0.25) is 4.79 Å². The molecule has 58 valence electrons. The molecule has 0 bridgehead atoms. The third-order valence-electron chi connectivity index (χ3n) is 1.74. The summed E-state index contributed by atoms with van der Waals surface area (Å²) in [6.07, 6.45) is 0.842. The summed E-state index contributed by atoms with van der Waals surface area (Å²) in [6, 6.07) is 0.141. The van der Waals surface area contributed by atoms with E-state index in [1.54, 1.807) is 7.11 Å². The molecule has 0 aromatic heterocycles. The fourth-order valence-electron chi connectivity index (χ4n) is 1.16. The number of hydrogen-bond acceptors (Lipinski definition) is 3. The maximum absolute atomic E-state index is 10.0. The van der Waals surface area contributed by atoms with Gasteiger partial charge in [0.1, 0.15) is 0 Å². The Kier molecular flexibility index (Phi) is 2.65. The van der Waals surface area contributed by atoms with Crippen molar-refractivity contribution in [3.05, 3.63) is 0 Å². The van der Waals surface area contributed by atoms with E-state index in [1.165, 1.54) is 0 Å². The zero-order valence-corrected chi connectivity index (χ0v) is 5.96. The van der Waals surface area contributed by atoms with Crippen molar-refractivity contribution in [1.29, 1.82) is 0 Å². The van der Waals surface area contributed by atoms with Gasteiger partial charge < -0.3 is 15.4 Å². The van der Waals surface area contributed by atoms with Crippen LogP contribution in [0.15, 0.2) is 0 Å². The van der Waals surface area contributed by atoms with Crippen molar-refractivity contribution in [1.82, 2.24) is 10.6 Å². The highest BCUT2D eigenvalue weighted by molar-refractivity contribution is 5.47. The molecular formula is C6H12N2O2. The van der Waals surface area contributed by atoms with Crippen LogP contribution in [-0.4, -0.2) is 38.8 Å². The van der Waals surface area contributed by atoms with Crippen molar-refractivity contribution in [2.45, 2.75) is 12.1 Å². The van der Waals surface area contributed by atoms with Crippen molar-refractivity contribution < 1.29 is 9.53 Å². The van der Waals surface area contributed by atoms with Gasteiger partial charge in [0.2, 0.25) is 6.41 Å². The number of carbonyl (C=O) groups is 1.